The number of rotatable bonds is 5. The van der Waals surface area contributed by atoms with E-state index in [0.717, 1.165) is 60.9 Å². The Kier molecular flexibility index (Phi) is 4.61. The largest absolute Gasteiger partial charge is 0.389 e. The zero-order valence-electron chi connectivity index (χ0n) is 15.0. The SMILES string of the molecule is Cc1cc(CN2CCC(O)(Cc3cc(-c4ccccc4)no3)CC2)n[nH]1. The van der Waals surface area contributed by atoms with Gasteiger partial charge in [-0.1, -0.05) is 35.5 Å². The predicted molar refractivity (Wildman–Crippen MR) is 98.4 cm³/mol. The van der Waals surface area contributed by atoms with Crippen molar-refractivity contribution in [2.45, 2.75) is 38.3 Å². The van der Waals surface area contributed by atoms with E-state index in [4.69, 9.17) is 4.52 Å². The molecule has 4 rings (SSSR count). The number of aryl methyl sites for hydroxylation is 1. The van der Waals surface area contributed by atoms with Crippen molar-refractivity contribution in [1.29, 1.82) is 0 Å². The molecule has 2 N–H and O–H groups in total. The van der Waals surface area contributed by atoms with Crippen molar-refractivity contribution in [3.8, 4) is 11.3 Å². The molecule has 1 fully saturated rings. The van der Waals surface area contributed by atoms with Crippen LogP contribution >= 0.6 is 0 Å². The fourth-order valence-electron chi connectivity index (χ4n) is 3.55. The van der Waals surface area contributed by atoms with Gasteiger partial charge in [-0.15, -0.1) is 0 Å². The number of nitrogens with one attached hydrogen (secondary N) is 1. The number of H-pyrrole nitrogens is 1. The highest BCUT2D eigenvalue weighted by atomic mass is 16.5. The normalized spacial score (nSPS) is 17.5. The van der Waals surface area contributed by atoms with Crippen molar-refractivity contribution in [3.05, 3.63) is 59.6 Å². The minimum Gasteiger partial charge on any atom is -0.389 e. The number of nitrogens with zero attached hydrogens (tertiary/aromatic N) is 3. The molecule has 0 unspecified atom stereocenters. The summed E-state index contributed by atoms with van der Waals surface area (Å²) in [6, 6.07) is 14.0. The first kappa shape index (κ1) is 17.0. The van der Waals surface area contributed by atoms with Crippen molar-refractivity contribution in [1.82, 2.24) is 20.3 Å². The number of aliphatic hydroxyl groups is 1. The fraction of sp³-hybridized carbons (Fsp3) is 0.400. The van der Waals surface area contributed by atoms with Gasteiger partial charge in [0.25, 0.3) is 0 Å². The molecule has 1 aliphatic heterocycles. The lowest BCUT2D eigenvalue weighted by Crippen LogP contribution is -2.45. The lowest BCUT2D eigenvalue weighted by Gasteiger charge is -2.37. The molecule has 1 saturated heterocycles. The quantitative estimate of drug-likeness (QED) is 0.738. The van der Waals surface area contributed by atoms with E-state index in [1.807, 2.05) is 43.3 Å². The molecule has 1 aliphatic rings. The van der Waals surface area contributed by atoms with Crippen molar-refractivity contribution < 1.29 is 9.63 Å². The van der Waals surface area contributed by atoms with Gasteiger partial charge in [0.05, 0.1) is 11.3 Å². The second-order valence-corrected chi connectivity index (χ2v) is 7.26. The topological polar surface area (TPSA) is 78.2 Å². The summed E-state index contributed by atoms with van der Waals surface area (Å²) in [5.41, 5.74) is 3.24. The number of hydrogen-bond donors (Lipinski definition) is 2. The van der Waals surface area contributed by atoms with Gasteiger partial charge in [0, 0.05) is 43.4 Å². The summed E-state index contributed by atoms with van der Waals surface area (Å²) in [5, 5.41) is 22.4. The molecular weight excluding hydrogens is 328 g/mol. The summed E-state index contributed by atoms with van der Waals surface area (Å²) in [7, 11) is 0. The van der Waals surface area contributed by atoms with Crippen molar-refractivity contribution >= 4 is 0 Å². The molecule has 0 bridgehead atoms. The Balaban J connectivity index is 1.35. The molecule has 6 nitrogen and oxygen atoms in total. The molecule has 2 aromatic heterocycles. The van der Waals surface area contributed by atoms with E-state index in [1.54, 1.807) is 0 Å². The van der Waals surface area contributed by atoms with E-state index in [9.17, 15) is 5.11 Å². The van der Waals surface area contributed by atoms with E-state index >= 15 is 0 Å². The van der Waals surface area contributed by atoms with Crippen LogP contribution in [-0.4, -0.2) is 44.1 Å². The Morgan fingerprint density at radius 2 is 1.96 bits per heavy atom. The number of benzene rings is 1. The monoisotopic (exact) mass is 352 g/mol. The number of likely N-dealkylation sites (tertiary alicyclic amines) is 1. The van der Waals surface area contributed by atoms with Crippen LogP contribution in [0.3, 0.4) is 0 Å². The van der Waals surface area contributed by atoms with Crippen LogP contribution in [0.25, 0.3) is 11.3 Å². The average Bonchev–Trinajstić information content (AvgIpc) is 3.27. The molecule has 26 heavy (non-hydrogen) atoms. The van der Waals surface area contributed by atoms with E-state index < -0.39 is 5.60 Å². The van der Waals surface area contributed by atoms with Crippen LogP contribution in [0.1, 0.15) is 30.0 Å². The highest BCUT2D eigenvalue weighted by Gasteiger charge is 2.34. The first-order valence-corrected chi connectivity index (χ1v) is 9.06. The Morgan fingerprint density at radius 3 is 2.65 bits per heavy atom. The lowest BCUT2D eigenvalue weighted by molar-refractivity contribution is -0.0267. The first-order chi connectivity index (χ1) is 12.6. The molecule has 3 aromatic rings. The summed E-state index contributed by atoms with van der Waals surface area (Å²) in [4.78, 5) is 2.33. The molecule has 0 atom stereocenters. The van der Waals surface area contributed by atoms with Gasteiger partial charge >= 0.3 is 0 Å². The third-order valence-electron chi connectivity index (χ3n) is 5.06. The van der Waals surface area contributed by atoms with Crippen molar-refractivity contribution in [3.63, 3.8) is 0 Å². The molecule has 0 radical (unpaired) electrons. The molecule has 0 aliphatic carbocycles. The highest BCUT2D eigenvalue weighted by Crippen LogP contribution is 2.28. The van der Waals surface area contributed by atoms with E-state index in [0.29, 0.717) is 6.42 Å². The number of aromatic nitrogens is 3. The smallest absolute Gasteiger partial charge is 0.140 e. The van der Waals surface area contributed by atoms with Crippen LogP contribution in [-0.2, 0) is 13.0 Å². The number of piperidine rings is 1. The van der Waals surface area contributed by atoms with E-state index in [-0.39, 0.29) is 0 Å². The van der Waals surface area contributed by atoms with Crippen LogP contribution in [0.15, 0.2) is 47.0 Å². The maximum atomic E-state index is 11.0. The zero-order chi connectivity index (χ0) is 18.0. The molecule has 0 spiro atoms. The minimum absolute atomic E-state index is 0.502. The third-order valence-corrected chi connectivity index (χ3v) is 5.06. The van der Waals surface area contributed by atoms with Gasteiger partial charge in [-0.25, -0.2) is 0 Å². The summed E-state index contributed by atoms with van der Waals surface area (Å²) in [6.45, 7) is 4.53. The lowest BCUT2D eigenvalue weighted by atomic mass is 9.87. The van der Waals surface area contributed by atoms with Crippen LogP contribution < -0.4 is 0 Å². The Bertz CT molecular complexity index is 848. The second kappa shape index (κ2) is 7.05. The molecular formula is C20H24N4O2. The highest BCUT2D eigenvalue weighted by molar-refractivity contribution is 5.58. The van der Waals surface area contributed by atoms with Crippen LogP contribution in [0.2, 0.25) is 0 Å². The van der Waals surface area contributed by atoms with Gasteiger partial charge in [0.15, 0.2) is 0 Å². The Labute approximate surface area is 152 Å². The first-order valence-electron chi connectivity index (χ1n) is 9.06. The zero-order valence-corrected chi connectivity index (χ0v) is 15.0. The predicted octanol–water partition coefficient (Wildman–Crippen LogP) is 2.94. The summed E-state index contributed by atoms with van der Waals surface area (Å²) >= 11 is 0. The summed E-state index contributed by atoms with van der Waals surface area (Å²) in [5.74, 6) is 0.739. The molecule has 3 heterocycles. The summed E-state index contributed by atoms with van der Waals surface area (Å²) in [6.07, 6.45) is 1.94. The summed E-state index contributed by atoms with van der Waals surface area (Å²) < 4.78 is 5.47. The van der Waals surface area contributed by atoms with Gasteiger partial charge in [-0.2, -0.15) is 5.10 Å². The molecule has 0 amide bonds. The fourth-order valence-corrected chi connectivity index (χ4v) is 3.55. The van der Waals surface area contributed by atoms with E-state index in [2.05, 4.69) is 26.3 Å². The maximum Gasteiger partial charge on any atom is 0.140 e. The maximum absolute atomic E-state index is 11.0. The Hall–Kier alpha value is -2.44. The van der Waals surface area contributed by atoms with Crippen molar-refractivity contribution in [2.75, 3.05) is 13.1 Å². The molecule has 6 heteroatoms. The number of hydrogen-bond acceptors (Lipinski definition) is 5. The van der Waals surface area contributed by atoms with Gasteiger partial charge < -0.3 is 9.63 Å². The average molecular weight is 352 g/mol. The van der Waals surface area contributed by atoms with Gasteiger partial charge in [-0.05, 0) is 25.8 Å². The van der Waals surface area contributed by atoms with Gasteiger partial charge in [0.2, 0.25) is 0 Å². The van der Waals surface area contributed by atoms with Gasteiger partial charge in [0.1, 0.15) is 11.5 Å². The number of aromatic amines is 1. The van der Waals surface area contributed by atoms with Gasteiger partial charge in [-0.3, -0.25) is 10.00 Å². The minimum atomic E-state index is -0.731. The molecule has 136 valence electrons. The second-order valence-electron chi connectivity index (χ2n) is 7.26. The van der Waals surface area contributed by atoms with E-state index in [1.165, 1.54) is 0 Å². The molecule has 1 aromatic carbocycles. The molecule has 0 saturated carbocycles. The van der Waals surface area contributed by atoms with Crippen LogP contribution in [0.4, 0.5) is 0 Å². The third kappa shape index (κ3) is 3.86. The van der Waals surface area contributed by atoms with Crippen LogP contribution in [0.5, 0.6) is 0 Å². The standard InChI is InChI=1S/C20H24N4O2/c1-15-11-17(22-21-15)14-24-9-7-20(25,8-10-24)13-18-12-19(23-26-18)16-5-3-2-4-6-16/h2-6,11-12,25H,7-10,13-14H2,1H3,(H,21,22). The van der Waals surface area contributed by atoms with Crippen molar-refractivity contribution in [2.24, 2.45) is 0 Å². The van der Waals surface area contributed by atoms with Crippen LogP contribution in [0, 0.1) is 6.92 Å². The Morgan fingerprint density at radius 1 is 1.19 bits per heavy atom.